The fourth-order valence-corrected chi connectivity index (χ4v) is 4.23. The van der Waals surface area contributed by atoms with Crippen LogP contribution in [0.2, 0.25) is 0 Å². The minimum absolute atomic E-state index is 0.0490. The van der Waals surface area contributed by atoms with E-state index in [1.165, 1.54) is 13.8 Å². The normalized spacial score (nSPS) is 15.0. The van der Waals surface area contributed by atoms with E-state index in [2.05, 4.69) is 44.5 Å². The lowest BCUT2D eigenvalue weighted by molar-refractivity contribution is -0.141. The van der Waals surface area contributed by atoms with Gasteiger partial charge in [0.25, 0.3) is 0 Å². The fraction of sp³-hybridized carbons (Fsp3) is 0.679. The first kappa shape index (κ1) is 45.5. The van der Waals surface area contributed by atoms with Crippen LogP contribution >= 0.6 is 12.6 Å². The molecule has 0 radical (unpaired) electrons. The molecule has 7 unspecified atom stereocenters. The molecule has 0 aromatic carbocycles. The molecule has 22 heteroatoms. The molecule has 0 rings (SSSR count). The third-order valence-corrected chi connectivity index (χ3v) is 7.34. The number of amides is 6. The number of rotatable bonds is 25. The summed E-state index contributed by atoms with van der Waals surface area (Å²) in [5.74, 6) is -9.91. The summed E-state index contributed by atoms with van der Waals surface area (Å²) in [5.41, 5.74) is 11.1. The van der Waals surface area contributed by atoms with Crippen LogP contribution in [0.3, 0.4) is 0 Å². The van der Waals surface area contributed by atoms with Crippen LogP contribution in [0.1, 0.15) is 58.8 Å². The summed E-state index contributed by atoms with van der Waals surface area (Å²) in [6, 6.07) is -9.78. The number of carboxylic acid groups (broad SMARTS) is 3. The van der Waals surface area contributed by atoms with Crippen LogP contribution in [0.4, 0.5) is 0 Å². The van der Waals surface area contributed by atoms with Gasteiger partial charge in [0.1, 0.15) is 36.3 Å². The molecule has 0 saturated heterocycles. The molecule has 6 amide bonds. The van der Waals surface area contributed by atoms with Crippen LogP contribution in [0.25, 0.3) is 0 Å². The maximum absolute atomic E-state index is 13.2. The molecule has 0 saturated carbocycles. The van der Waals surface area contributed by atoms with Crippen molar-refractivity contribution >= 4 is 66.0 Å². The molecule has 0 aromatic heterocycles. The zero-order valence-electron chi connectivity index (χ0n) is 27.7. The zero-order valence-corrected chi connectivity index (χ0v) is 28.6. The van der Waals surface area contributed by atoms with E-state index in [0.717, 1.165) is 0 Å². The number of carbonyl (C=O) groups excluding carboxylic acids is 6. The van der Waals surface area contributed by atoms with E-state index in [1.807, 2.05) is 0 Å². The van der Waals surface area contributed by atoms with E-state index < -0.39 is 122 Å². The summed E-state index contributed by atoms with van der Waals surface area (Å²) in [6.45, 7) is 1.81. The summed E-state index contributed by atoms with van der Waals surface area (Å²) in [4.78, 5) is 110. The highest BCUT2D eigenvalue weighted by atomic mass is 32.1. The maximum Gasteiger partial charge on any atom is 0.325 e. The number of aliphatic carboxylic acids is 3. The molecule has 0 aliphatic rings. The number of aliphatic hydroxyl groups is 1. The lowest BCUT2D eigenvalue weighted by atomic mass is 10.1. The Kier molecular flexibility index (Phi) is 21.6. The van der Waals surface area contributed by atoms with Gasteiger partial charge in [-0.15, -0.1) is 0 Å². The van der Waals surface area contributed by atoms with Gasteiger partial charge in [0, 0.05) is 18.6 Å². The molecule has 0 spiro atoms. The number of unbranched alkanes of at least 4 members (excludes halogenated alkanes) is 1. The summed E-state index contributed by atoms with van der Waals surface area (Å²) < 4.78 is 0. The van der Waals surface area contributed by atoms with Gasteiger partial charge in [0.2, 0.25) is 35.4 Å². The number of hydrogen-bond acceptors (Lipinski definition) is 13. The van der Waals surface area contributed by atoms with E-state index in [4.69, 9.17) is 26.8 Å². The highest BCUT2D eigenvalue weighted by Crippen LogP contribution is 2.06. The largest absolute Gasteiger partial charge is 0.481 e. The smallest absolute Gasteiger partial charge is 0.325 e. The second kappa shape index (κ2) is 23.8. The van der Waals surface area contributed by atoms with E-state index >= 15 is 0 Å². The second-order valence-electron chi connectivity index (χ2n) is 11.2. The van der Waals surface area contributed by atoms with Crippen molar-refractivity contribution < 1.29 is 63.6 Å². The van der Waals surface area contributed by atoms with Gasteiger partial charge in [0.15, 0.2) is 0 Å². The van der Waals surface area contributed by atoms with Crippen molar-refractivity contribution in [3.05, 3.63) is 0 Å². The highest BCUT2D eigenvalue weighted by molar-refractivity contribution is 7.80. The van der Waals surface area contributed by atoms with Crippen LogP contribution in [-0.2, 0) is 43.2 Å². The van der Waals surface area contributed by atoms with Crippen molar-refractivity contribution in [1.29, 1.82) is 0 Å². The number of aliphatic hydroxyl groups excluding tert-OH is 1. The third kappa shape index (κ3) is 17.7. The van der Waals surface area contributed by atoms with Crippen LogP contribution < -0.4 is 43.4 Å². The Balaban J connectivity index is 5.78. The summed E-state index contributed by atoms with van der Waals surface area (Å²) in [7, 11) is 0. The van der Waals surface area contributed by atoms with Crippen LogP contribution in [0.15, 0.2) is 0 Å². The van der Waals surface area contributed by atoms with E-state index in [1.54, 1.807) is 0 Å². The van der Waals surface area contributed by atoms with Crippen molar-refractivity contribution in [3.63, 3.8) is 0 Å². The van der Waals surface area contributed by atoms with Gasteiger partial charge in [0.05, 0.1) is 12.6 Å². The molecule has 7 atom stereocenters. The van der Waals surface area contributed by atoms with Gasteiger partial charge in [-0.05, 0) is 52.5 Å². The molecule has 0 heterocycles. The van der Waals surface area contributed by atoms with E-state index in [0.29, 0.717) is 12.8 Å². The van der Waals surface area contributed by atoms with Crippen molar-refractivity contribution in [2.75, 3.05) is 18.9 Å². The Morgan fingerprint density at radius 3 is 1.52 bits per heavy atom. The highest BCUT2D eigenvalue weighted by Gasteiger charge is 2.32. The van der Waals surface area contributed by atoms with Crippen LogP contribution in [0, 0.1) is 0 Å². The first-order valence-electron chi connectivity index (χ1n) is 15.5. The molecule has 284 valence electrons. The Morgan fingerprint density at radius 1 is 0.580 bits per heavy atom. The predicted molar refractivity (Wildman–Crippen MR) is 176 cm³/mol. The van der Waals surface area contributed by atoms with Gasteiger partial charge >= 0.3 is 17.9 Å². The summed E-state index contributed by atoms with van der Waals surface area (Å²) in [6.07, 6.45) is -0.992. The Bertz CT molecular complexity index is 1220. The van der Waals surface area contributed by atoms with Gasteiger partial charge in [-0.2, -0.15) is 12.6 Å². The minimum Gasteiger partial charge on any atom is -0.481 e. The topological polar surface area (TPSA) is 359 Å². The lowest BCUT2D eigenvalue weighted by Gasteiger charge is -2.26. The average molecular weight is 737 g/mol. The standard InChI is InChI=1S/C28H48N8O13S/c1-13(22(42)32-14(2)28(48)49)31-24(44)16(5-3-4-10-29)33-27(47)19(12-50)36-25(45)17(7-9-21(40)41)34-26(46)18(11-37)35-23(43)15(30)6-8-20(38)39/h13-19,37,50H,3-12,29-30H2,1-2H3,(H,31,44)(H,32,42)(H,33,47)(H,34,46)(H,35,43)(H,36,45)(H,38,39)(H,40,41)(H,48,49). The van der Waals surface area contributed by atoms with Gasteiger partial charge in [-0.25, -0.2) is 0 Å². The van der Waals surface area contributed by atoms with E-state index in [9.17, 15) is 48.3 Å². The SMILES string of the molecule is CC(NC(=O)C(C)NC(=O)C(CCCCN)NC(=O)C(CS)NC(=O)C(CCC(=O)O)NC(=O)C(CO)NC(=O)C(N)CCC(=O)O)C(=O)O. The molecule has 0 fully saturated rings. The molecule has 14 N–H and O–H groups in total. The zero-order chi connectivity index (χ0) is 38.6. The van der Waals surface area contributed by atoms with Gasteiger partial charge < -0.3 is 63.8 Å². The first-order valence-corrected chi connectivity index (χ1v) is 16.2. The second-order valence-corrected chi connectivity index (χ2v) is 11.5. The number of nitrogens with two attached hydrogens (primary N) is 2. The summed E-state index contributed by atoms with van der Waals surface area (Å²) >= 11 is 4.07. The van der Waals surface area contributed by atoms with Crippen LogP contribution in [-0.4, -0.2) is 135 Å². The predicted octanol–water partition coefficient (Wildman–Crippen LogP) is -4.87. The van der Waals surface area contributed by atoms with E-state index in [-0.39, 0.29) is 25.1 Å². The molecule has 21 nitrogen and oxygen atoms in total. The number of carboxylic acids is 3. The lowest BCUT2D eigenvalue weighted by Crippen LogP contribution is -2.60. The maximum atomic E-state index is 13.2. The number of thiol groups is 1. The molecular weight excluding hydrogens is 688 g/mol. The first-order chi connectivity index (χ1) is 23.4. The number of nitrogens with one attached hydrogen (secondary N) is 6. The van der Waals surface area contributed by atoms with Crippen LogP contribution in [0.5, 0.6) is 0 Å². The molecule has 50 heavy (non-hydrogen) atoms. The van der Waals surface area contributed by atoms with Gasteiger partial charge in [-0.1, -0.05) is 0 Å². The summed E-state index contributed by atoms with van der Waals surface area (Å²) in [5, 5.41) is 50.2. The number of hydrogen-bond donors (Lipinski definition) is 13. The molecule has 0 bridgehead atoms. The number of carbonyl (C=O) groups is 9. The molecule has 0 aliphatic carbocycles. The Labute approximate surface area is 292 Å². The van der Waals surface area contributed by atoms with Gasteiger partial charge in [-0.3, -0.25) is 43.2 Å². The monoisotopic (exact) mass is 736 g/mol. The van der Waals surface area contributed by atoms with Crippen molar-refractivity contribution in [1.82, 2.24) is 31.9 Å². The molecular formula is C28H48N8O13S. The Morgan fingerprint density at radius 2 is 1.02 bits per heavy atom. The van der Waals surface area contributed by atoms with Crippen molar-refractivity contribution in [2.24, 2.45) is 11.5 Å². The fourth-order valence-electron chi connectivity index (χ4n) is 3.97. The molecule has 0 aromatic rings. The quantitative estimate of drug-likeness (QED) is 0.0309. The average Bonchev–Trinajstić information content (AvgIpc) is 3.05. The van der Waals surface area contributed by atoms with Crippen molar-refractivity contribution in [3.8, 4) is 0 Å². The van der Waals surface area contributed by atoms with Crippen molar-refractivity contribution in [2.45, 2.75) is 101 Å². The Hall–Kier alpha value is -4.54. The minimum atomic E-state index is -1.67. The third-order valence-electron chi connectivity index (χ3n) is 6.98. The molecule has 0 aliphatic heterocycles.